The van der Waals surface area contributed by atoms with Crippen molar-refractivity contribution in [3.63, 3.8) is 0 Å². The van der Waals surface area contributed by atoms with Gasteiger partial charge in [-0.05, 0) is 30.3 Å². The number of methoxy groups -OCH3 is 1. The molecule has 0 unspecified atom stereocenters. The van der Waals surface area contributed by atoms with Crippen LogP contribution in [0.15, 0.2) is 48.5 Å². The number of halogens is 1. The van der Waals surface area contributed by atoms with Crippen LogP contribution < -0.4 is 4.74 Å². The Morgan fingerprint density at radius 1 is 1.05 bits per heavy atom. The van der Waals surface area contributed by atoms with Gasteiger partial charge >= 0.3 is 5.97 Å². The van der Waals surface area contributed by atoms with Gasteiger partial charge in [-0.3, -0.25) is 4.79 Å². The molecule has 5 heteroatoms. The molecule has 0 radical (unpaired) electrons. The number of Topliss-reactive ketones (excluding diaryl/α,β-unsaturated/α-hetero) is 1. The van der Waals surface area contributed by atoms with E-state index in [-0.39, 0.29) is 11.3 Å². The number of hydrogen-bond donors (Lipinski definition) is 0. The molecule has 0 saturated carbocycles. The minimum atomic E-state index is -0.745. The first-order valence-electron chi connectivity index (χ1n) is 6.20. The fraction of sp³-hybridized carbons (Fsp3) is 0.125. The predicted octanol–water partition coefficient (Wildman–Crippen LogP) is 2.87. The van der Waals surface area contributed by atoms with E-state index in [2.05, 4.69) is 0 Å². The predicted molar refractivity (Wildman–Crippen MR) is 74.0 cm³/mol. The van der Waals surface area contributed by atoms with Crippen molar-refractivity contribution >= 4 is 11.8 Å². The van der Waals surface area contributed by atoms with Crippen molar-refractivity contribution in [2.45, 2.75) is 0 Å². The lowest BCUT2D eigenvalue weighted by Gasteiger charge is -2.06. The van der Waals surface area contributed by atoms with E-state index in [4.69, 9.17) is 9.47 Å². The van der Waals surface area contributed by atoms with Gasteiger partial charge in [-0.2, -0.15) is 0 Å². The van der Waals surface area contributed by atoms with Crippen molar-refractivity contribution in [3.05, 3.63) is 65.5 Å². The Kier molecular flexibility index (Phi) is 4.66. The fourth-order valence-corrected chi connectivity index (χ4v) is 1.71. The van der Waals surface area contributed by atoms with Crippen molar-refractivity contribution < 1.29 is 23.5 Å². The molecule has 0 spiro atoms. The minimum absolute atomic E-state index is 0.0634. The van der Waals surface area contributed by atoms with Crippen LogP contribution in [-0.2, 0) is 4.74 Å². The first-order chi connectivity index (χ1) is 10.1. The molecule has 21 heavy (non-hydrogen) atoms. The Morgan fingerprint density at radius 2 is 1.76 bits per heavy atom. The SMILES string of the molecule is COc1cccc(C(=O)COC(=O)c2cccc(F)c2)c1. The van der Waals surface area contributed by atoms with Gasteiger partial charge < -0.3 is 9.47 Å². The summed E-state index contributed by atoms with van der Waals surface area (Å²) in [7, 11) is 1.49. The van der Waals surface area contributed by atoms with Crippen LogP contribution in [0, 0.1) is 5.82 Å². The molecule has 0 atom stereocenters. The third-order valence-corrected chi connectivity index (χ3v) is 2.79. The average Bonchev–Trinajstić information content (AvgIpc) is 2.52. The molecular weight excluding hydrogens is 275 g/mol. The molecule has 0 bridgehead atoms. The number of hydrogen-bond acceptors (Lipinski definition) is 4. The number of esters is 1. The number of carbonyl (C=O) groups excluding carboxylic acids is 2. The largest absolute Gasteiger partial charge is 0.497 e. The van der Waals surface area contributed by atoms with Crippen LogP contribution >= 0.6 is 0 Å². The maximum absolute atomic E-state index is 13.0. The lowest BCUT2D eigenvalue weighted by atomic mass is 10.1. The molecule has 0 saturated heterocycles. The van der Waals surface area contributed by atoms with Crippen LogP contribution in [0.5, 0.6) is 5.75 Å². The van der Waals surface area contributed by atoms with Gasteiger partial charge in [0.1, 0.15) is 11.6 Å². The second-order valence-corrected chi connectivity index (χ2v) is 4.24. The molecule has 0 heterocycles. The van der Waals surface area contributed by atoms with Gasteiger partial charge in [0.25, 0.3) is 0 Å². The van der Waals surface area contributed by atoms with Gasteiger partial charge in [0.2, 0.25) is 0 Å². The first kappa shape index (κ1) is 14.7. The molecule has 0 amide bonds. The highest BCUT2D eigenvalue weighted by Crippen LogP contribution is 2.13. The van der Waals surface area contributed by atoms with Crippen LogP contribution in [0.4, 0.5) is 4.39 Å². The third-order valence-electron chi connectivity index (χ3n) is 2.79. The van der Waals surface area contributed by atoms with Crippen molar-refractivity contribution in [2.24, 2.45) is 0 Å². The van der Waals surface area contributed by atoms with Crippen LogP contribution in [0.1, 0.15) is 20.7 Å². The van der Waals surface area contributed by atoms with Crippen LogP contribution in [-0.4, -0.2) is 25.5 Å². The molecule has 2 rings (SSSR count). The van der Waals surface area contributed by atoms with Crippen molar-refractivity contribution in [2.75, 3.05) is 13.7 Å². The molecule has 108 valence electrons. The van der Waals surface area contributed by atoms with Gasteiger partial charge in [0.05, 0.1) is 12.7 Å². The van der Waals surface area contributed by atoms with E-state index < -0.39 is 18.4 Å². The molecule has 2 aromatic rings. The molecule has 0 aromatic heterocycles. The topological polar surface area (TPSA) is 52.6 Å². The zero-order valence-corrected chi connectivity index (χ0v) is 11.3. The smallest absolute Gasteiger partial charge is 0.338 e. The molecule has 0 aliphatic heterocycles. The summed E-state index contributed by atoms with van der Waals surface area (Å²) < 4.78 is 22.9. The van der Waals surface area contributed by atoms with E-state index in [1.165, 1.54) is 25.3 Å². The number of carbonyl (C=O) groups is 2. The van der Waals surface area contributed by atoms with Crippen molar-refractivity contribution in [1.82, 2.24) is 0 Å². The van der Waals surface area contributed by atoms with E-state index in [1.807, 2.05) is 0 Å². The van der Waals surface area contributed by atoms with Crippen LogP contribution in [0.2, 0.25) is 0 Å². The second-order valence-electron chi connectivity index (χ2n) is 4.24. The first-order valence-corrected chi connectivity index (χ1v) is 6.20. The van der Waals surface area contributed by atoms with Gasteiger partial charge in [0.15, 0.2) is 12.4 Å². The number of rotatable bonds is 5. The Labute approximate surface area is 121 Å². The van der Waals surface area contributed by atoms with E-state index in [0.29, 0.717) is 11.3 Å². The zero-order chi connectivity index (χ0) is 15.2. The molecular formula is C16H13FO4. The van der Waals surface area contributed by atoms with Crippen molar-refractivity contribution in [3.8, 4) is 5.75 Å². The van der Waals surface area contributed by atoms with E-state index in [0.717, 1.165) is 6.07 Å². The van der Waals surface area contributed by atoms with Gasteiger partial charge in [-0.1, -0.05) is 18.2 Å². The molecule has 0 aliphatic carbocycles. The monoisotopic (exact) mass is 288 g/mol. The van der Waals surface area contributed by atoms with Gasteiger partial charge in [0, 0.05) is 5.56 Å². The normalized spacial score (nSPS) is 10.0. The molecule has 0 aliphatic rings. The maximum atomic E-state index is 13.0. The standard InChI is InChI=1S/C16H13FO4/c1-20-14-7-3-4-11(9-14)15(18)10-21-16(19)12-5-2-6-13(17)8-12/h2-9H,10H2,1H3. The van der Waals surface area contributed by atoms with Crippen LogP contribution in [0.3, 0.4) is 0 Å². The quantitative estimate of drug-likeness (QED) is 0.627. The highest BCUT2D eigenvalue weighted by Gasteiger charge is 2.12. The lowest BCUT2D eigenvalue weighted by Crippen LogP contribution is -2.14. The molecule has 0 N–H and O–H groups in total. The number of ether oxygens (including phenoxy) is 2. The summed E-state index contributed by atoms with van der Waals surface area (Å²) in [6.07, 6.45) is 0. The molecule has 2 aromatic carbocycles. The summed E-state index contributed by atoms with van der Waals surface area (Å²) in [5.41, 5.74) is 0.440. The maximum Gasteiger partial charge on any atom is 0.338 e. The zero-order valence-electron chi connectivity index (χ0n) is 11.3. The Morgan fingerprint density at radius 3 is 2.48 bits per heavy atom. The number of ketones is 1. The van der Waals surface area contributed by atoms with Gasteiger partial charge in [-0.25, -0.2) is 9.18 Å². The summed E-state index contributed by atoms with van der Waals surface area (Å²) in [5, 5.41) is 0. The third kappa shape index (κ3) is 3.89. The number of benzene rings is 2. The summed E-state index contributed by atoms with van der Waals surface area (Å²) in [6.45, 7) is -0.414. The van der Waals surface area contributed by atoms with E-state index in [1.54, 1.807) is 24.3 Å². The minimum Gasteiger partial charge on any atom is -0.497 e. The summed E-state index contributed by atoms with van der Waals surface area (Å²) in [4.78, 5) is 23.6. The highest BCUT2D eigenvalue weighted by atomic mass is 19.1. The fourth-order valence-electron chi connectivity index (χ4n) is 1.71. The Bertz CT molecular complexity index is 667. The van der Waals surface area contributed by atoms with Crippen LogP contribution in [0.25, 0.3) is 0 Å². The lowest BCUT2D eigenvalue weighted by molar-refractivity contribution is 0.0474. The molecule has 4 nitrogen and oxygen atoms in total. The van der Waals surface area contributed by atoms with E-state index >= 15 is 0 Å². The summed E-state index contributed by atoms with van der Waals surface area (Å²) >= 11 is 0. The van der Waals surface area contributed by atoms with Crippen molar-refractivity contribution in [1.29, 1.82) is 0 Å². The van der Waals surface area contributed by atoms with Gasteiger partial charge in [-0.15, -0.1) is 0 Å². The Balaban J connectivity index is 1.99. The molecule has 0 fully saturated rings. The summed E-state index contributed by atoms with van der Waals surface area (Å²) in [6, 6.07) is 11.6. The summed E-state index contributed by atoms with van der Waals surface area (Å²) in [5.74, 6) is -1.11. The average molecular weight is 288 g/mol. The van der Waals surface area contributed by atoms with E-state index in [9.17, 15) is 14.0 Å². The highest BCUT2D eigenvalue weighted by molar-refractivity contribution is 5.99. The Hall–Kier alpha value is -2.69. The second kappa shape index (κ2) is 6.65.